The SMILES string of the molecule is CCCN(CCC(C)C)Cc1ccccc1OC1=CC=CC=CC1.CNC(=O)c1ccc(Cl)cc1. The van der Waals surface area contributed by atoms with E-state index in [1.54, 1.807) is 31.3 Å². The van der Waals surface area contributed by atoms with Crippen molar-refractivity contribution in [1.82, 2.24) is 10.2 Å². The maximum atomic E-state index is 11.0. The number of hydrogen-bond donors (Lipinski definition) is 1. The van der Waals surface area contributed by atoms with Crippen LogP contribution >= 0.6 is 11.6 Å². The second kappa shape index (κ2) is 16.0. The number of rotatable bonds is 10. The lowest BCUT2D eigenvalue weighted by atomic mass is 10.1. The molecule has 35 heavy (non-hydrogen) atoms. The van der Waals surface area contributed by atoms with Crippen LogP contribution in [-0.2, 0) is 6.54 Å². The third-order valence-corrected chi connectivity index (χ3v) is 5.72. The van der Waals surface area contributed by atoms with Gasteiger partial charge in [-0.15, -0.1) is 0 Å². The summed E-state index contributed by atoms with van der Waals surface area (Å²) in [5.74, 6) is 2.63. The van der Waals surface area contributed by atoms with Crippen LogP contribution in [0.5, 0.6) is 5.75 Å². The van der Waals surface area contributed by atoms with Gasteiger partial charge in [0, 0.05) is 36.2 Å². The first-order valence-corrected chi connectivity index (χ1v) is 12.8. The summed E-state index contributed by atoms with van der Waals surface area (Å²) in [6, 6.07) is 15.2. The van der Waals surface area contributed by atoms with Gasteiger partial charge < -0.3 is 10.1 Å². The van der Waals surface area contributed by atoms with Crippen LogP contribution < -0.4 is 10.1 Å². The number of amides is 1. The van der Waals surface area contributed by atoms with Crippen molar-refractivity contribution < 1.29 is 9.53 Å². The van der Waals surface area contributed by atoms with Gasteiger partial charge in [-0.05, 0) is 68.3 Å². The summed E-state index contributed by atoms with van der Waals surface area (Å²) in [6.07, 6.45) is 13.6. The predicted molar refractivity (Wildman–Crippen MR) is 148 cm³/mol. The second-order valence-electron chi connectivity index (χ2n) is 8.90. The number of carbonyl (C=O) groups excluding carboxylic acids is 1. The number of para-hydroxylation sites is 1. The highest BCUT2D eigenvalue weighted by molar-refractivity contribution is 6.30. The molecule has 0 radical (unpaired) electrons. The number of nitrogens with one attached hydrogen (secondary N) is 1. The molecule has 4 nitrogen and oxygen atoms in total. The van der Waals surface area contributed by atoms with Crippen LogP contribution in [0, 0.1) is 5.92 Å². The van der Waals surface area contributed by atoms with Crippen molar-refractivity contribution in [3.8, 4) is 5.75 Å². The summed E-state index contributed by atoms with van der Waals surface area (Å²) in [6.45, 7) is 10.1. The van der Waals surface area contributed by atoms with Gasteiger partial charge in [-0.2, -0.15) is 0 Å². The number of carbonyl (C=O) groups is 1. The fraction of sp³-hybridized carbons (Fsp3) is 0.367. The van der Waals surface area contributed by atoms with Crippen LogP contribution in [0.25, 0.3) is 0 Å². The Morgan fingerprint density at radius 3 is 2.49 bits per heavy atom. The Hall–Kier alpha value is -2.82. The average Bonchev–Trinajstić information content (AvgIpc) is 3.13. The normalized spacial score (nSPS) is 12.6. The van der Waals surface area contributed by atoms with Crippen LogP contribution in [0.15, 0.2) is 84.7 Å². The topological polar surface area (TPSA) is 41.6 Å². The molecule has 2 aromatic carbocycles. The summed E-state index contributed by atoms with van der Waals surface area (Å²) in [5, 5.41) is 3.16. The first-order chi connectivity index (χ1) is 16.9. The van der Waals surface area contributed by atoms with Crippen LogP contribution in [0.2, 0.25) is 5.02 Å². The summed E-state index contributed by atoms with van der Waals surface area (Å²) in [5.41, 5.74) is 1.89. The zero-order valence-electron chi connectivity index (χ0n) is 21.5. The summed E-state index contributed by atoms with van der Waals surface area (Å²) < 4.78 is 6.20. The third-order valence-electron chi connectivity index (χ3n) is 5.46. The van der Waals surface area contributed by atoms with Gasteiger partial charge in [-0.3, -0.25) is 9.69 Å². The van der Waals surface area contributed by atoms with Gasteiger partial charge in [0.15, 0.2) is 0 Å². The molecule has 1 amide bonds. The minimum Gasteiger partial charge on any atom is -0.461 e. The lowest BCUT2D eigenvalue weighted by molar-refractivity contribution is 0.0963. The zero-order chi connectivity index (χ0) is 25.5. The van der Waals surface area contributed by atoms with Crippen molar-refractivity contribution >= 4 is 17.5 Å². The number of allylic oxidation sites excluding steroid dienone is 5. The molecule has 1 aliphatic rings. The van der Waals surface area contributed by atoms with E-state index in [2.05, 4.69) is 73.5 Å². The Labute approximate surface area is 216 Å². The van der Waals surface area contributed by atoms with E-state index in [1.165, 1.54) is 18.4 Å². The van der Waals surface area contributed by atoms with Crippen LogP contribution in [-0.4, -0.2) is 30.9 Å². The molecule has 188 valence electrons. The van der Waals surface area contributed by atoms with Gasteiger partial charge in [0.2, 0.25) is 0 Å². The van der Waals surface area contributed by atoms with Gasteiger partial charge in [-0.25, -0.2) is 0 Å². The highest BCUT2D eigenvalue weighted by Gasteiger charge is 2.11. The number of halogens is 1. The molecule has 0 unspecified atom stereocenters. The smallest absolute Gasteiger partial charge is 0.251 e. The highest BCUT2D eigenvalue weighted by atomic mass is 35.5. The Balaban J connectivity index is 0.000000328. The maximum Gasteiger partial charge on any atom is 0.251 e. The standard InChI is InChI=1S/C22H31NO.C8H8ClNO/c1-4-16-23(17-15-19(2)3)18-20-11-9-10-14-22(20)24-21-12-7-5-6-8-13-21;1-10-8(11)6-2-4-7(9)5-3-6/h5-12,14,19H,4,13,15-18H2,1-3H3;2-5H,1H3,(H,10,11). The monoisotopic (exact) mass is 494 g/mol. The molecule has 0 bridgehead atoms. The van der Waals surface area contributed by atoms with Crippen molar-refractivity contribution in [3.63, 3.8) is 0 Å². The molecule has 0 fully saturated rings. The first kappa shape index (κ1) is 28.4. The minimum atomic E-state index is -0.0957. The van der Waals surface area contributed by atoms with E-state index >= 15 is 0 Å². The second-order valence-corrected chi connectivity index (χ2v) is 9.34. The van der Waals surface area contributed by atoms with Crippen molar-refractivity contribution in [2.45, 2.75) is 46.6 Å². The Kier molecular flexibility index (Phi) is 13.0. The van der Waals surface area contributed by atoms with E-state index in [0.29, 0.717) is 10.6 Å². The minimum absolute atomic E-state index is 0.0957. The largest absolute Gasteiger partial charge is 0.461 e. The molecular formula is C30H39ClN2O2. The summed E-state index contributed by atoms with van der Waals surface area (Å²) >= 11 is 5.63. The van der Waals surface area contributed by atoms with Crippen LogP contribution in [0.1, 0.15) is 56.0 Å². The van der Waals surface area contributed by atoms with E-state index in [9.17, 15) is 4.79 Å². The molecule has 3 rings (SSSR count). The van der Waals surface area contributed by atoms with Crippen molar-refractivity contribution in [2.75, 3.05) is 20.1 Å². The molecular weight excluding hydrogens is 456 g/mol. The van der Waals surface area contributed by atoms with Gasteiger partial charge in [-0.1, -0.05) is 74.9 Å². The lowest BCUT2D eigenvalue weighted by Gasteiger charge is -2.24. The Bertz CT molecular complexity index is 994. The van der Waals surface area contributed by atoms with E-state index in [1.807, 2.05) is 12.2 Å². The fourth-order valence-corrected chi connectivity index (χ4v) is 3.65. The maximum absolute atomic E-state index is 11.0. The first-order valence-electron chi connectivity index (χ1n) is 12.4. The molecule has 2 aromatic rings. The van der Waals surface area contributed by atoms with Crippen LogP contribution in [0.3, 0.4) is 0 Å². The summed E-state index contributed by atoms with van der Waals surface area (Å²) in [7, 11) is 1.59. The molecule has 0 saturated heterocycles. The number of nitrogens with zero attached hydrogens (tertiary/aromatic N) is 1. The molecule has 0 saturated carbocycles. The number of ether oxygens (including phenoxy) is 1. The number of benzene rings is 2. The van der Waals surface area contributed by atoms with E-state index in [-0.39, 0.29) is 5.91 Å². The summed E-state index contributed by atoms with van der Waals surface area (Å²) in [4.78, 5) is 13.5. The molecule has 1 aliphatic carbocycles. The van der Waals surface area contributed by atoms with E-state index in [4.69, 9.17) is 16.3 Å². The number of hydrogen-bond acceptors (Lipinski definition) is 3. The van der Waals surface area contributed by atoms with E-state index in [0.717, 1.165) is 43.5 Å². The fourth-order valence-electron chi connectivity index (χ4n) is 3.52. The van der Waals surface area contributed by atoms with Gasteiger partial charge in [0.1, 0.15) is 11.5 Å². The molecule has 0 atom stereocenters. The molecule has 0 spiro atoms. The van der Waals surface area contributed by atoms with Gasteiger partial charge in [0.25, 0.3) is 5.91 Å². The van der Waals surface area contributed by atoms with Crippen molar-refractivity contribution in [2.24, 2.45) is 5.92 Å². The van der Waals surface area contributed by atoms with Crippen molar-refractivity contribution in [3.05, 3.63) is 101 Å². The Morgan fingerprint density at radius 1 is 1.06 bits per heavy atom. The third kappa shape index (κ3) is 11.0. The van der Waals surface area contributed by atoms with Crippen LogP contribution in [0.4, 0.5) is 0 Å². The quantitative estimate of drug-likeness (QED) is 0.373. The molecule has 1 N–H and O–H groups in total. The molecule has 0 aromatic heterocycles. The van der Waals surface area contributed by atoms with E-state index < -0.39 is 0 Å². The van der Waals surface area contributed by atoms with Gasteiger partial charge >= 0.3 is 0 Å². The average molecular weight is 495 g/mol. The molecule has 5 heteroatoms. The molecule has 0 aliphatic heterocycles. The lowest BCUT2D eigenvalue weighted by Crippen LogP contribution is -2.26. The highest BCUT2D eigenvalue weighted by Crippen LogP contribution is 2.24. The zero-order valence-corrected chi connectivity index (χ0v) is 22.2. The van der Waals surface area contributed by atoms with Crippen molar-refractivity contribution in [1.29, 1.82) is 0 Å². The Morgan fingerprint density at radius 2 is 1.80 bits per heavy atom. The van der Waals surface area contributed by atoms with Gasteiger partial charge in [0.05, 0.1) is 0 Å². The molecule has 0 heterocycles. The predicted octanol–water partition coefficient (Wildman–Crippen LogP) is 7.42.